The number of aromatic nitrogens is 3. The fourth-order valence-corrected chi connectivity index (χ4v) is 4.75. The minimum Gasteiger partial charge on any atom is -0.492 e. The van der Waals surface area contributed by atoms with E-state index < -0.39 is 24.5 Å². The number of H-pyrrole nitrogens is 1. The molecule has 0 fully saturated rings. The lowest BCUT2D eigenvalue weighted by molar-refractivity contribution is -0.113. The Morgan fingerprint density at radius 3 is 2.52 bits per heavy atom. The molecule has 0 aliphatic carbocycles. The third-order valence-corrected chi connectivity index (χ3v) is 6.56. The second-order valence-corrected chi connectivity index (χ2v) is 9.29. The minimum atomic E-state index is -1.09. The summed E-state index contributed by atoms with van der Waals surface area (Å²) in [7, 11) is 4.32. The number of carbonyl (C=O) groups excluding carboxylic acids is 2. The number of nitrogens with zero attached hydrogens (tertiary/aromatic N) is 3. The highest BCUT2D eigenvalue weighted by molar-refractivity contribution is 6.41. The summed E-state index contributed by atoms with van der Waals surface area (Å²) in [4.78, 5) is 38.7. The quantitative estimate of drug-likeness (QED) is 0.172. The molecule has 3 heterocycles. The smallest absolute Gasteiger partial charge is 0.260 e. The number of methoxy groups -OCH3 is 3. The summed E-state index contributed by atoms with van der Waals surface area (Å²) in [6.07, 6.45) is 1.85. The van der Waals surface area contributed by atoms with Gasteiger partial charge in [0.25, 0.3) is 11.8 Å². The fourth-order valence-electron chi connectivity index (χ4n) is 4.18. The average molecular weight is 593 g/mol. The summed E-state index contributed by atoms with van der Waals surface area (Å²) in [5.74, 6) is -0.107. The summed E-state index contributed by atoms with van der Waals surface area (Å²) in [5.41, 5.74) is 7.39. The number of amides is 2. The highest BCUT2D eigenvalue weighted by Crippen LogP contribution is 2.47. The Hall–Kier alpha value is -4.04. The zero-order chi connectivity index (χ0) is 29.1. The van der Waals surface area contributed by atoms with Gasteiger partial charge in [0.05, 0.1) is 62.3 Å². The van der Waals surface area contributed by atoms with Crippen molar-refractivity contribution in [2.75, 3.05) is 45.1 Å². The topological polar surface area (TPSA) is 185 Å². The molecule has 0 spiro atoms. The van der Waals surface area contributed by atoms with Gasteiger partial charge in [0.2, 0.25) is 11.7 Å². The van der Waals surface area contributed by atoms with Crippen LogP contribution in [-0.4, -0.2) is 77.6 Å². The van der Waals surface area contributed by atoms with Crippen molar-refractivity contribution in [3.63, 3.8) is 0 Å². The Balaban J connectivity index is 1.73. The number of hydrogen-bond acceptors (Lipinski definition) is 10. The number of rotatable bonds is 10. The minimum absolute atomic E-state index is 0.0376. The maximum absolute atomic E-state index is 13.8. The van der Waals surface area contributed by atoms with Gasteiger partial charge in [-0.15, -0.1) is 0 Å². The first kappa shape index (κ1) is 29.0. The molecular formula is C25H26Cl2N6O7. The number of anilines is 2. The normalized spacial score (nSPS) is 14.3. The second kappa shape index (κ2) is 12.0. The SMILES string of the molecule is COc1c(Cl)cc(CN2C(=O)/C(=C\c3cc(C(=O)NC[C@H](O)CO)c[nH]3)c3c(Cl)nc(N)nc32)c(OC)c1OC. The van der Waals surface area contributed by atoms with Crippen LogP contribution in [-0.2, 0) is 11.3 Å². The predicted octanol–water partition coefficient (Wildman–Crippen LogP) is 1.89. The molecule has 0 saturated carbocycles. The third-order valence-electron chi connectivity index (χ3n) is 6.00. The van der Waals surface area contributed by atoms with E-state index in [2.05, 4.69) is 20.3 Å². The Kier molecular flexibility index (Phi) is 8.69. The number of nitrogens with two attached hydrogens (primary N) is 1. The lowest BCUT2D eigenvalue weighted by Gasteiger charge is -2.21. The maximum atomic E-state index is 13.8. The van der Waals surface area contributed by atoms with E-state index in [1.54, 1.807) is 6.07 Å². The molecule has 4 rings (SSSR count). The number of halogens is 2. The summed E-state index contributed by atoms with van der Waals surface area (Å²) < 4.78 is 16.4. The van der Waals surface area contributed by atoms with Gasteiger partial charge < -0.3 is 40.5 Å². The van der Waals surface area contributed by atoms with Crippen molar-refractivity contribution in [3.8, 4) is 17.2 Å². The van der Waals surface area contributed by atoms with E-state index in [-0.39, 0.29) is 63.2 Å². The van der Waals surface area contributed by atoms with Crippen molar-refractivity contribution < 1.29 is 34.0 Å². The Morgan fingerprint density at radius 1 is 1.18 bits per heavy atom. The van der Waals surface area contributed by atoms with Crippen molar-refractivity contribution in [1.82, 2.24) is 20.3 Å². The molecule has 1 aromatic carbocycles. The molecule has 0 saturated heterocycles. The number of hydrogen-bond donors (Lipinski definition) is 5. The van der Waals surface area contributed by atoms with Gasteiger partial charge in [0.1, 0.15) is 5.15 Å². The molecule has 1 atom stereocenters. The van der Waals surface area contributed by atoms with E-state index in [1.165, 1.54) is 44.6 Å². The molecule has 6 N–H and O–H groups in total. The first-order chi connectivity index (χ1) is 19.1. The van der Waals surface area contributed by atoms with Gasteiger partial charge in [-0.1, -0.05) is 23.2 Å². The zero-order valence-electron chi connectivity index (χ0n) is 21.6. The maximum Gasteiger partial charge on any atom is 0.260 e. The Labute approximate surface area is 238 Å². The molecular weight excluding hydrogens is 567 g/mol. The van der Waals surface area contributed by atoms with Gasteiger partial charge in [-0.05, 0) is 18.2 Å². The van der Waals surface area contributed by atoms with E-state index >= 15 is 0 Å². The van der Waals surface area contributed by atoms with Crippen molar-refractivity contribution in [1.29, 1.82) is 0 Å². The fraction of sp³-hybridized carbons (Fsp3) is 0.280. The number of nitrogens with one attached hydrogen (secondary N) is 2. The molecule has 212 valence electrons. The number of ether oxygens (including phenoxy) is 3. The number of fused-ring (bicyclic) bond motifs is 1. The molecule has 3 aromatic rings. The lowest BCUT2D eigenvalue weighted by Crippen LogP contribution is -2.33. The van der Waals surface area contributed by atoms with Crippen LogP contribution in [0.3, 0.4) is 0 Å². The van der Waals surface area contributed by atoms with E-state index in [9.17, 15) is 14.7 Å². The largest absolute Gasteiger partial charge is 0.492 e. The molecule has 1 aliphatic heterocycles. The molecule has 40 heavy (non-hydrogen) atoms. The van der Waals surface area contributed by atoms with E-state index in [0.717, 1.165) is 0 Å². The van der Waals surface area contributed by atoms with Crippen LogP contribution in [0.25, 0.3) is 11.6 Å². The van der Waals surface area contributed by atoms with Crippen molar-refractivity contribution >= 4 is 58.4 Å². The van der Waals surface area contributed by atoms with E-state index in [0.29, 0.717) is 17.0 Å². The number of aliphatic hydroxyl groups excluding tert-OH is 2. The van der Waals surface area contributed by atoms with Crippen LogP contribution in [0.5, 0.6) is 17.2 Å². The number of aromatic amines is 1. The van der Waals surface area contributed by atoms with E-state index in [4.69, 9.17) is 48.3 Å². The van der Waals surface area contributed by atoms with Gasteiger partial charge >= 0.3 is 0 Å². The standard InChI is InChI=1S/C25H26Cl2N6O7/c1-38-18-12(5-16(26)19(39-2)20(18)40-3)9-33-22-17(21(27)31-25(28)32-22)15(24(33)37)6-13-4-11(7-29-13)23(36)30-8-14(35)10-34/h4-7,14,29,34-35H,8-10H2,1-3H3,(H,30,36)(H2,28,31,32)/b15-6-/t14-/m0/s1. The monoisotopic (exact) mass is 592 g/mol. The number of aliphatic hydroxyl groups is 2. The second-order valence-electron chi connectivity index (χ2n) is 8.53. The molecule has 1 aliphatic rings. The predicted molar refractivity (Wildman–Crippen MR) is 148 cm³/mol. The van der Waals surface area contributed by atoms with Crippen LogP contribution in [0.15, 0.2) is 18.3 Å². The van der Waals surface area contributed by atoms with Crippen molar-refractivity contribution in [2.24, 2.45) is 0 Å². The van der Waals surface area contributed by atoms with Crippen LogP contribution < -0.4 is 30.2 Å². The van der Waals surface area contributed by atoms with Crippen LogP contribution in [0.4, 0.5) is 11.8 Å². The first-order valence-corrected chi connectivity index (χ1v) is 12.5. The van der Waals surface area contributed by atoms with Crippen LogP contribution in [0.2, 0.25) is 10.2 Å². The van der Waals surface area contributed by atoms with Crippen LogP contribution in [0.1, 0.15) is 27.2 Å². The molecule has 0 unspecified atom stereocenters. The van der Waals surface area contributed by atoms with Gasteiger partial charge in [0.15, 0.2) is 17.3 Å². The summed E-state index contributed by atoms with van der Waals surface area (Å²) in [5, 5.41) is 21.1. The molecule has 0 radical (unpaired) electrons. The average Bonchev–Trinajstić information content (AvgIpc) is 3.50. The number of benzene rings is 1. The first-order valence-electron chi connectivity index (χ1n) is 11.7. The molecule has 2 aromatic heterocycles. The molecule has 0 bridgehead atoms. The van der Waals surface area contributed by atoms with Gasteiger partial charge in [-0.25, -0.2) is 4.98 Å². The van der Waals surface area contributed by atoms with Gasteiger partial charge in [-0.2, -0.15) is 4.98 Å². The van der Waals surface area contributed by atoms with Gasteiger partial charge in [0, 0.05) is 24.0 Å². The zero-order valence-corrected chi connectivity index (χ0v) is 23.1. The molecule has 15 heteroatoms. The molecule has 2 amide bonds. The number of carbonyl (C=O) groups is 2. The van der Waals surface area contributed by atoms with Crippen LogP contribution >= 0.6 is 23.2 Å². The van der Waals surface area contributed by atoms with Gasteiger partial charge in [-0.3, -0.25) is 14.5 Å². The molecule has 13 nitrogen and oxygen atoms in total. The third kappa shape index (κ3) is 5.49. The number of nitrogen functional groups attached to an aromatic ring is 1. The van der Waals surface area contributed by atoms with Crippen molar-refractivity contribution in [2.45, 2.75) is 12.6 Å². The summed E-state index contributed by atoms with van der Waals surface area (Å²) in [6, 6.07) is 3.10. The van der Waals surface area contributed by atoms with Crippen LogP contribution in [0, 0.1) is 0 Å². The highest BCUT2D eigenvalue weighted by Gasteiger charge is 2.38. The van der Waals surface area contributed by atoms with E-state index in [1.807, 2.05) is 0 Å². The summed E-state index contributed by atoms with van der Waals surface area (Å²) in [6.45, 7) is -0.669. The van der Waals surface area contributed by atoms with Crippen molar-refractivity contribution in [3.05, 3.63) is 50.9 Å². The summed E-state index contributed by atoms with van der Waals surface area (Å²) >= 11 is 12.9. The Morgan fingerprint density at radius 2 is 1.88 bits per heavy atom. The highest BCUT2D eigenvalue weighted by atomic mass is 35.5. The lowest BCUT2D eigenvalue weighted by atomic mass is 10.1. The Bertz CT molecular complexity index is 1490.